The van der Waals surface area contributed by atoms with Crippen molar-refractivity contribution in [1.29, 1.82) is 0 Å². The third kappa shape index (κ3) is 4.43. The van der Waals surface area contributed by atoms with Gasteiger partial charge in [0.2, 0.25) is 11.7 Å². The molecule has 1 N–H and O–H groups in total. The Morgan fingerprint density at radius 2 is 2.12 bits per heavy atom. The van der Waals surface area contributed by atoms with Crippen molar-refractivity contribution < 1.29 is 23.5 Å². The second-order valence-corrected chi connectivity index (χ2v) is 5.22. The molecule has 0 aliphatic carbocycles. The maximum Gasteiger partial charge on any atom is 0.223 e. The van der Waals surface area contributed by atoms with Crippen LogP contribution in [0.2, 0.25) is 0 Å². The van der Waals surface area contributed by atoms with E-state index >= 15 is 0 Å². The van der Waals surface area contributed by atoms with Crippen LogP contribution in [0.1, 0.15) is 11.7 Å². The van der Waals surface area contributed by atoms with Crippen molar-refractivity contribution in [3.63, 3.8) is 0 Å². The van der Waals surface area contributed by atoms with E-state index < -0.39 is 6.10 Å². The van der Waals surface area contributed by atoms with Crippen LogP contribution in [0.4, 0.5) is 0 Å². The smallest absolute Gasteiger partial charge is 0.223 e. The van der Waals surface area contributed by atoms with Crippen LogP contribution >= 0.6 is 0 Å². The highest BCUT2D eigenvalue weighted by Gasteiger charge is 2.09. The van der Waals surface area contributed by atoms with Crippen LogP contribution in [-0.4, -0.2) is 34.6 Å². The minimum atomic E-state index is -0.740. The van der Waals surface area contributed by atoms with Crippen molar-refractivity contribution in [2.45, 2.75) is 19.6 Å². The standard InChI is InChI=1S/C17H18N2O5/c1-12-18-17(19-24-12)13-4-2-5-15(8-13)23-10-14(20)9-21-11-16-6-3-7-22-16/h2-8,14,20H,9-11H2,1H3. The lowest BCUT2D eigenvalue weighted by molar-refractivity contribution is 0.000886. The largest absolute Gasteiger partial charge is 0.491 e. The Balaban J connectivity index is 1.47. The number of hydrogen-bond donors (Lipinski definition) is 1. The van der Waals surface area contributed by atoms with E-state index in [1.54, 1.807) is 31.4 Å². The van der Waals surface area contributed by atoms with E-state index in [1.165, 1.54) is 0 Å². The highest BCUT2D eigenvalue weighted by atomic mass is 16.5. The summed E-state index contributed by atoms with van der Waals surface area (Å²) in [5.74, 6) is 2.33. The number of furan rings is 1. The predicted octanol–water partition coefficient (Wildman–Crippen LogP) is 2.59. The zero-order chi connectivity index (χ0) is 16.8. The first-order valence-corrected chi connectivity index (χ1v) is 7.52. The molecule has 7 nitrogen and oxygen atoms in total. The van der Waals surface area contributed by atoms with E-state index in [2.05, 4.69) is 10.1 Å². The first kappa shape index (κ1) is 16.2. The van der Waals surface area contributed by atoms with Crippen LogP contribution in [0.15, 0.2) is 51.6 Å². The lowest BCUT2D eigenvalue weighted by Gasteiger charge is -2.12. The van der Waals surface area contributed by atoms with Crippen LogP contribution in [0, 0.1) is 6.92 Å². The predicted molar refractivity (Wildman–Crippen MR) is 84.3 cm³/mol. The lowest BCUT2D eigenvalue weighted by Crippen LogP contribution is -2.23. The van der Waals surface area contributed by atoms with E-state index in [0.29, 0.717) is 29.8 Å². The maximum atomic E-state index is 9.91. The topological polar surface area (TPSA) is 90.8 Å². The second-order valence-electron chi connectivity index (χ2n) is 5.22. The van der Waals surface area contributed by atoms with E-state index in [-0.39, 0.29) is 13.2 Å². The van der Waals surface area contributed by atoms with Crippen LogP contribution in [-0.2, 0) is 11.3 Å². The van der Waals surface area contributed by atoms with E-state index in [1.807, 2.05) is 18.2 Å². The monoisotopic (exact) mass is 330 g/mol. The molecule has 3 rings (SSSR count). The van der Waals surface area contributed by atoms with Gasteiger partial charge in [-0.3, -0.25) is 0 Å². The van der Waals surface area contributed by atoms with Gasteiger partial charge >= 0.3 is 0 Å². The Hall–Kier alpha value is -2.64. The molecule has 0 fully saturated rings. The summed E-state index contributed by atoms with van der Waals surface area (Å²) >= 11 is 0. The summed E-state index contributed by atoms with van der Waals surface area (Å²) in [6.07, 6.45) is 0.840. The molecule has 1 atom stereocenters. The Morgan fingerprint density at radius 3 is 2.88 bits per heavy atom. The van der Waals surface area contributed by atoms with Crippen molar-refractivity contribution in [2.75, 3.05) is 13.2 Å². The Kier molecular flexibility index (Phi) is 5.25. The molecule has 1 aromatic carbocycles. The molecular weight excluding hydrogens is 312 g/mol. The first-order valence-electron chi connectivity index (χ1n) is 7.52. The van der Waals surface area contributed by atoms with Gasteiger partial charge in [-0.25, -0.2) is 0 Å². The van der Waals surface area contributed by atoms with Crippen molar-refractivity contribution in [1.82, 2.24) is 10.1 Å². The van der Waals surface area contributed by atoms with Gasteiger partial charge in [-0.1, -0.05) is 17.3 Å². The van der Waals surface area contributed by atoms with E-state index in [4.69, 9.17) is 18.4 Å². The fraction of sp³-hybridized carbons (Fsp3) is 0.294. The molecule has 0 spiro atoms. The molecule has 0 radical (unpaired) electrons. The number of rotatable bonds is 8. The molecule has 0 aliphatic rings. The van der Waals surface area contributed by atoms with Crippen LogP contribution in [0.3, 0.4) is 0 Å². The van der Waals surface area contributed by atoms with Crippen molar-refractivity contribution in [3.8, 4) is 17.1 Å². The zero-order valence-corrected chi connectivity index (χ0v) is 13.2. The van der Waals surface area contributed by atoms with Crippen LogP contribution < -0.4 is 4.74 Å². The number of aliphatic hydroxyl groups excluding tert-OH is 1. The average Bonchev–Trinajstić information content (AvgIpc) is 3.25. The van der Waals surface area contributed by atoms with E-state index in [0.717, 1.165) is 5.56 Å². The number of benzene rings is 1. The van der Waals surface area contributed by atoms with Crippen molar-refractivity contribution in [2.24, 2.45) is 0 Å². The maximum absolute atomic E-state index is 9.91. The van der Waals surface area contributed by atoms with Gasteiger partial charge in [-0.05, 0) is 24.3 Å². The Bertz CT molecular complexity index is 754. The van der Waals surface area contributed by atoms with Crippen LogP contribution in [0.25, 0.3) is 11.4 Å². The lowest BCUT2D eigenvalue weighted by atomic mass is 10.2. The number of aliphatic hydroxyl groups is 1. The molecule has 0 saturated carbocycles. The SMILES string of the molecule is Cc1nc(-c2cccc(OCC(O)COCc3ccco3)c2)no1. The highest BCUT2D eigenvalue weighted by molar-refractivity contribution is 5.56. The number of nitrogens with zero attached hydrogens (tertiary/aromatic N) is 2. The highest BCUT2D eigenvalue weighted by Crippen LogP contribution is 2.21. The summed E-state index contributed by atoms with van der Waals surface area (Å²) in [4.78, 5) is 4.17. The van der Waals surface area contributed by atoms with Crippen LogP contribution in [0.5, 0.6) is 5.75 Å². The molecule has 126 valence electrons. The molecule has 0 amide bonds. The molecule has 2 aromatic heterocycles. The third-order valence-corrected chi connectivity index (χ3v) is 3.20. The number of hydrogen-bond acceptors (Lipinski definition) is 7. The van der Waals surface area contributed by atoms with Gasteiger partial charge in [-0.2, -0.15) is 4.98 Å². The Morgan fingerprint density at radius 1 is 1.21 bits per heavy atom. The van der Waals surface area contributed by atoms with Gasteiger partial charge in [0.05, 0.1) is 12.9 Å². The minimum Gasteiger partial charge on any atom is -0.491 e. The Labute approximate surface area is 138 Å². The molecule has 24 heavy (non-hydrogen) atoms. The van der Waals surface area contributed by atoms with Crippen molar-refractivity contribution >= 4 is 0 Å². The third-order valence-electron chi connectivity index (χ3n) is 3.20. The summed E-state index contributed by atoms with van der Waals surface area (Å²) in [6, 6.07) is 10.9. The van der Waals surface area contributed by atoms with Crippen molar-refractivity contribution in [3.05, 3.63) is 54.3 Å². The summed E-state index contributed by atoms with van der Waals surface area (Å²) in [5.41, 5.74) is 0.785. The molecule has 7 heteroatoms. The average molecular weight is 330 g/mol. The number of aryl methyl sites for hydroxylation is 1. The van der Waals surface area contributed by atoms with Gasteiger partial charge < -0.3 is 23.5 Å². The van der Waals surface area contributed by atoms with Gasteiger partial charge in [0.1, 0.15) is 30.8 Å². The van der Waals surface area contributed by atoms with E-state index in [9.17, 15) is 5.11 Å². The summed E-state index contributed by atoms with van der Waals surface area (Å²) in [6.45, 7) is 2.32. The summed E-state index contributed by atoms with van der Waals surface area (Å²) in [5, 5.41) is 13.8. The molecule has 2 heterocycles. The fourth-order valence-corrected chi connectivity index (χ4v) is 2.07. The quantitative estimate of drug-likeness (QED) is 0.679. The molecule has 1 unspecified atom stereocenters. The molecule has 0 aliphatic heterocycles. The molecule has 0 saturated heterocycles. The minimum absolute atomic E-state index is 0.118. The molecule has 3 aromatic rings. The second kappa shape index (κ2) is 7.76. The van der Waals surface area contributed by atoms with Gasteiger partial charge in [0.15, 0.2) is 0 Å². The van der Waals surface area contributed by atoms with Gasteiger partial charge in [0, 0.05) is 12.5 Å². The molecular formula is C17H18N2O5. The van der Waals surface area contributed by atoms with Gasteiger partial charge in [0.25, 0.3) is 0 Å². The zero-order valence-electron chi connectivity index (χ0n) is 13.2. The fourth-order valence-electron chi connectivity index (χ4n) is 2.07. The first-order chi connectivity index (χ1) is 11.7. The normalized spacial score (nSPS) is 12.2. The summed E-state index contributed by atoms with van der Waals surface area (Å²) < 4.78 is 21.1. The molecule has 0 bridgehead atoms. The number of ether oxygens (including phenoxy) is 2. The summed E-state index contributed by atoms with van der Waals surface area (Å²) in [7, 11) is 0. The van der Waals surface area contributed by atoms with Gasteiger partial charge in [-0.15, -0.1) is 0 Å². The number of aromatic nitrogens is 2.